The van der Waals surface area contributed by atoms with Crippen LogP contribution in [-0.4, -0.2) is 42.9 Å². The van der Waals surface area contributed by atoms with Crippen molar-refractivity contribution < 1.29 is 23.8 Å². The van der Waals surface area contributed by atoms with Crippen molar-refractivity contribution in [3.05, 3.63) is 9.81 Å². The summed E-state index contributed by atoms with van der Waals surface area (Å²) >= 11 is 2.51. The maximum atomic E-state index is 11.9. The van der Waals surface area contributed by atoms with Gasteiger partial charge in [0.15, 0.2) is 0 Å². The molecule has 0 N–H and O–H groups in total. The van der Waals surface area contributed by atoms with Crippen LogP contribution >= 0.6 is 23.5 Å². The molecular weight excluding hydrogens is 288 g/mol. The van der Waals surface area contributed by atoms with Crippen molar-refractivity contribution in [2.75, 3.05) is 25.6 Å². The van der Waals surface area contributed by atoms with E-state index in [1.165, 1.54) is 23.5 Å². The molecular formula is C12H18O5S2. The molecule has 0 amide bonds. The SMILES string of the molecule is CCOC(=O)C1=C(C(=O)OCC)SC(OCC)CS1. The number of thioether (sulfide) groups is 2. The molecule has 7 heteroatoms. The Morgan fingerprint density at radius 3 is 2.16 bits per heavy atom. The Labute approximate surface area is 121 Å². The fraction of sp³-hybridized carbons (Fsp3) is 0.667. The first kappa shape index (κ1) is 16.4. The molecule has 1 heterocycles. The Balaban J connectivity index is 2.91. The lowest BCUT2D eigenvalue weighted by molar-refractivity contribution is -0.140. The van der Waals surface area contributed by atoms with Crippen molar-refractivity contribution in [2.24, 2.45) is 0 Å². The number of carbonyl (C=O) groups is 2. The lowest BCUT2D eigenvalue weighted by atomic mass is 10.5. The predicted octanol–water partition coefficient (Wildman–Crippen LogP) is 2.17. The summed E-state index contributed by atoms with van der Waals surface area (Å²) in [5, 5.41) is 0. The molecule has 0 spiro atoms. The van der Waals surface area contributed by atoms with Gasteiger partial charge in [0.2, 0.25) is 0 Å². The molecule has 0 aromatic heterocycles. The zero-order valence-corrected chi connectivity index (χ0v) is 12.9. The minimum absolute atomic E-state index is 0.146. The van der Waals surface area contributed by atoms with Crippen molar-refractivity contribution in [3.63, 3.8) is 0 Å². The summed E-state index contributed by atoms with van der Waals surface area (Å²) in [6.45, 7) is 6.44. The van der Waals surface area contributed by atoms with Gasteiger partial charge in [-0.05, 0) is 20.8 Å². The summed E-state index contributed by atoms with van der Waals surface area (Å²) < 4.78 is 15.4. The maximum absolute atomic E-state index is 11.9. The Bertz CT molecular complexity index is 367. The summed E-state index contributed by atoms with van der Waals surface area (Å²) in [5.41, 5.74) is -0.146. The van der Waals surface area contributed by atoms with Crippen LogP contribution in [0.2, 0.25) is 0 Å². The zero-order valence-electron chi connectivity index (χ0n) is 11.3. The third-order valence-corrected chi connectivity index (χ3v) is 4.73. The number of esters is 2. The summed E-state index contributed by atoms with van der Waals surface area (Å²) in [6.07, 6.45) is 0. The van der Waals surface area contributed by atoms with Gasteiger partial charge in [0.1, 0.15) is 15.2 Å². The number of hydrogen-bond donors (Lipinski definition) is 0. The van der Waals surface area contributed by atoms with Gasteiger partial charge >= 0.3 is 11.9 Å². The molecule has 0 aliphatic carbocycles. The van der Waals surface area contributed by atoms with Crippen LogP contribution in [0, 0.1) is 0 Å². The van der Waals surface area contributed by atoms with Gasteiger partial charge in [-0.2, -0.15) is 0 Å². The van der Waals surface area contributed by atoms with Gasteiger partial charge in [-0.3, -0.25) is 0 Å². The first-order valence-corrected chi connectivity index (χ1v) is 8.00. The minimum atomic E-state index is -0.493. The fourth-order valence-electron chi connectivity index (χ4n) is 1.39. The van der Waals surface area contributed by atoms with Crippen molar-refractivity contribution >= 4 is 35.5 Å². The van der Waals surface area contributed by atoms with Gasteiger partial charge in [-0.1, -0.05) is 11.8 Å². The molecule has 0 aromatic rings. The standard InChI is InChI=1S/C12H18O5S2/c1-4-15-8-7-18-9(11(13)16-5-2)10(19-8)12(14)17-6-3/h8H,4-7H2,1-3H3. The second-order valence-corrected chi connectivity index (χ2v) is 5.61. The topological polar surface area (TPSA) is 61.8 Å². The largest absolute Gasteiger partial charge is 0.462 e. The van der Waals surface area contributed by atoms with Crippen LogP contribution in [0.5, 0.6) is 0 Å². The van der Waals surface area contributed by atoms with E-state index in [-0.39, 0.29) is 23.6 Å². The highest BCUT2D eigenvalue weighted by molar-refractivity contribution is 8.11. The molecule has 0 saturated carbocycles. The van der Waals surface area contributed by atoms with Crippen LogP contribution < -0.4 is 0 Å². The van der Waals surface area contributed by atoms with Crippen LogP contribution in [-0.2, 0) is 23.8 Å². The van der Waals surface area contributed by atoms with Crippen LogP contribution in [0.25, 0.3) is 0 Å². The highest BCUT2D eigenvalue weighted by Crippen LogP contribution is 2.40. The van der Waals surface area contributed by atoms with Crippen molar-refractivity contribution in [2.45, 2.75) is 26.2 Å². The van der Waals surface area contributed by atoms with Crippen molar-refractivity contribution in [1.29, 1.82) is 0 Å². The van der Waals surface area contributed by atoms with Gasteiger partial charge in [0, 0.05) is 12.4 Å². The highest BCUT2D eigenvalue weighted by atomic mass is 32.2. The lowest BCUT2D eigenvalue weighted by Crippen LogP contribution is -2.23. The number of hydrogen-bond acceptors (Lipinski definition) is 7. The summed E-state index contributed by atoms with van der Waals surface area (Å²) in [4.78, 5) is 24.3. The smallest absolute Gasteiger partial charge is 0.346 e. The third kappa shape index (κ3) is 4.74. The minimum Gasteiger partial charge on any atom is -0.462 e. The monoisotopic (exact) mass is 306 g/mol. The molecule has 1 unspecified atom stereocenters. The van der Waals surface area contributed by atoms with Crippen molar-refractivity contribution in [3.8, 4) is 0 Å². The molecule has 108 valence electrons. The predicted molar refractivity (Wildman–Crippen MR) is 75.8 cm³/mol. The van der Waals surface area contributed by atoms with Gasteiger partial charge in [-0.25, -0.2) is 9.59 Å². The molecule has 0 bridgehead atoms. The molecule has 5 nitrogen and oxygen atoms in total. The Morgan fingerprint density at radius 2 is 1.63 bits per heavy atom. The average molecular weight is 306 g/mol. The molecule has 0 aromatic carbocycles. The highest BCUT2D eigenvalue weighted by Gasteiger charge is 2.32. The first-order chi connectivity index (χ1) is 9.13. The Hall–Kier alpha value is -0.660. The van der Waals surface area contributed by atoms with E-state index < -0.39 is 11.9 Å². The summed E-state index contributed by atoms with van der Waals surface area (Å²) in [6, 6.07) is 0. The lowest BCUT2D eigenvalue weighted by Gasteiger charge is -2.24. The fourth-order valence-corrected chi connectivity index (χ4v) is 3.79. The van der Waals surface area contributed by atoms with Gasteiger partial charge < -0.3 is 14.2 Å². The molecule has 0 saturated heterocycles. The zero-order chi connectivity index (χ0) is 14.3. The maximum Gasteiger partial charge on any atom is 0.346 e. The first-order valence-electron chi connectivity index (χ1n) is 6.13. The van der Waals surface area contributed by atoms with E-state index in [0.29, 0.717) is 17.3 Å². The van der Waals surface area contributed by atoms with Crippen LogP contribution in [0.1, 0.15) is 20.8 Å². The third-order valence-electron chi connectivity index (χ3n) is 2.09. The van der Waals surface area contributed by atoms with E-state index in [1.54, 1.807) is 13.8 Å². The molecule has 0 fully saturated rings. The average Bonchev–Trinajstić information content (AvgIpc) is 2.39. The number of ether oxygens (including phenoxy) is 3. The number of rotatable bonds is 6. The second-order valence-electron chi connectivity index (χ2n) is 3.41. The molecule has 0 radical (unpaired) electrons. The van der Waals surface area contributed by atoms with Crippen LogP contribution in [0.3, 0.4) is 0 Å². The Morgan fingerprint density at radius 1 is 1.05 bits per heavy atom. The van der Waals surface area contributed by atoms with Gasteiger partial charge in [-0.15, -0.1) is 11.8 Å². The molecule has 1 aliphatic rings. The van der Waals surface area contributed by atoms with Crippen molar-refractivity contribution in [1.82, 2.24) is 0 Å². The molecule has 1 aliphatic heterocycles. The van der Waals surface area contributed by atoms with E-state index in [2.05, 4.69) is 0 Å². The summed E-state index contributed by atoms with van der Waals surface area (Å²) in [5.74, 6) is -0.360. The number of carbonyl (C=O) groups excluding carboxylic acids is 2. The van der Waals surface area contributed by atoms with Crippen LogP contribution in [0.4, 0.5) is 0 Å². The summed E-state index contributed by atoms with van der Waals surface area (Å²) in [7, 11) is 0. The van der Waals surface area contributed by atoms with E-state index in [1.807, 2.05) is 6.92 Å². The molecule has 1 rings (SSSR count). The van der Waals surface area contributed by atoms with E-state index in [0.717, 1.165) is 0 Å². The Kier molecular flexibility index (Phi) is 7.33. The molecule has 19 heavy (non-hydrogen) atoms. The van der Waals surface area contributed by atoms with Crippen LogP contribution in [0.15, 0.2) is 9.81 Å². The van der Waals surface area contributed by atoms with Gasteiger partial charge in [0.25, 0.3) is 0 Å². The van der Waals surface area contributed by atoms with E-state index in [4.69, 9.17) is 14.2 Å². The normalized spacial score (nSPS) is 19.2. The van der Waals surface area contributed by atoms with Gasteiger partial charge in [0.05, 0.1) is 13.2 Å². The molecule has 1 atom stereocenters. The quantitative estimate of drug-likeness (QED) is 0.697. The van der Waals surface area contributed by atoms with E-state index in [9.17, 15) is 9.59 Å². The second kappa shape index (κ2) is 8.50. The van der Waals surface area contributed by atoms with E-state index >= 15 is 0 Å².